The van der Waals surface area contributed by atoms with Crippen LogP contribution in [0.1, 0.15) is 5.82 Å². The van der Waals surface area contributed by atoms with Crippen molar-refractivity contribution >= 4 is 34.5 Å². The van der Waals surface area contributed by atoms with Crippen molar-refractivity contribution in [3.63, 3.8) is 0 Å². The molecule has 2 rings (SSSR count). The molecule has 6 nitrogen and oxygen atoms in total. The Morgan fingerprint density at radius 1 is 1.60 bits per heavy atom. The largest absolute Gasteiger partial charge is 0.340 e. The van der Waals surface area contributed by atoms with Crippen molar-refractivity contribution in [2.45, 2.75) is 6.92 Å². The molecule has 0 atom stereocenters. The van der Waals surface area contributed by atoms with Crippen molar-refractivity contribution in [1.29, 1.82) is 0 Å². The number of anilines is 1. The predicted octanol–water partition coefficient (Wildman–Crippen LogP) is 0.839. The van der Waals surface area contributed by atoms with Crippen LogP contribution in [-0.4, -0.2) is 31.7 Å². The van der Waals surface area contributed by atoms with E-state index in [1.165, 1.54) is 6.33 Å². The summed E-state index contributed by atoms with van der Waals surface area (Å²) in [6, 6.07) is 0. The van der Waals surface area contributed by atoms with E-state index in [0.29, 0.717) is 22.8 Å². The minimum atomic E-state index is -0.314. The molecule has 0 saturated carbocycles. The first-order valence-corrected chi connectivity index (χ1v) is 4.77. The van der Waals surface area contributed by atoms with Crippen LogP contribution in [0, 0.1) is 6.92 Å². The minimum absolute atomic E-state index is 0.112. The quantitative estimate of drug-likeness (QED) is 0.742. The van der Waals surface area contributed by atoms with E-state index in [9.17, 15) is 4.79 Å². The third-order valence-corrected chi connectivity index (χ3v) is 2.02. The molecule has 78 valence electrons. The molecule has 0 spiro atoms. The Morgan fingerprint density at radius 2 is 2.40 bits per heavy atom. The van der Waals surface area contributed by atoms with Crippen molar-refractivity contribution < 1.29 is 4.79 Å². The van der Waals surface area contributed by atoms with Gasteiger partial charge in [0.05, 0.1) is 6.33 Å². The molecule has 0 aromatic carbocycles. The zero-order valence-corrected chi connectivity index (χ0v) is 8.67. The molecule has 0 aliphatic carbocycles. The summed E-state index contributed by atoms with van der Waals surface area (Å²) in [6.45, 7) is 1.73. The lowest BCUT2D eigenvalue weighted by atomic mass is 10.4. The number of hydrogen-bond acceptors (Lipinski definition) is 4. The normalized spacial score (nSPS) is 10.5. The highest BCUT2D eigenvalue weighted by molar-refractivity contribution is 6.29. The van der Waals surface area contributed by atoms with E-state index < -0.39 is 0 Å². The molecule has 2 N–H and O–H groups in total. The summed E-state index contributed by atoms with van der Waals surface area (Å²) in [4.78, 5) is 26.1. The number of nitrogens with zero attached hydrogens (tertiary/aromatic N) is 3. The fourth-order valence-electron chi connectivity index (χ4n) is 1.20. The zero-order chi connectivity index (χ0) is 10.8. The van der Waals surface area contributed by atoms with Gasteiger partial charge >= 0.3 is 0 Å². The smallest absolute Gasteiger partial charge is 0.240 e. The molecule has 0 aliphatic rings. The third-order valence-electron chi connectivity index (χ3n) is 1.78. The van der Waals surface area contributed by atoms with Gasteiger partial charge in [-0.2, -0.15) is 0 Å². The van der Waals surface area contributed by atoms with Gasteiger partial charge in [0.2, 0.25) is 5.91 Å². The van der Waals surface area contributed by atoms with Crippen LogP contribution < -0.4 is 5.32 Å². The molecule has 0 bridgehead atoms. The van der Waals surface area contributed by atoms with Gasteiger partial charge in [-0.05, 0) is 6.92 Å². The lowest BCUT2D eigenvalue weighted by Gasteiger charge is -2.03. The van der Waals surface area contributed by atoms with Crippen molar-refractivity contribution in [2.75, 3.05) is 11.2 Å². The predicted molar refractivity (Wildman–Crippen MR) is 55.8 cm³/mol. The van der Waals surface area contributed by atoms with Crippen molar-refractivity contribution in [3.8, 4) is 0 Å². The maximum atomic E-state index is 11.1. The first-order chi connectivity index (χ1) is 7.20. The van der Waals surface area contributed by atoms with E-state index in [1.54, 1.807) is 6.92 Å². The molecule has 0 radical (unpaired) electrons. The standard InChI is InChI=1S/C8H8ClN5O/c1-4-12-7-6(10-3-11-7)8(13-4)14-5(15)2-9/h3H,2H2,1H3,(H2,10,11,12,13,14,15). The second-order valence-electron chi connectivity index (χ2n) is 2.90. The number of aromatic nitrogens is 4. The van der Waals surface area contributed by atoms with E-state index in [2.05, 4.69) is 25.3 Å². The minimum Gasteiger partial charge on any atom is -0.340 e. The third kappa shape index (κ3) is 1.89. The molecule has 7 heteroatoms. The van der Waals surface area contributed by atoms with Crippen LogP contribution in [0.4, 0.5) is 5.82 Å². The monoisotopic (exact) mass is 225 g/mol. The Morgan fingerprint density at radius 3 is 3.13 bits per heavy atom. The number of aromatic amines is 1. The topological polar surface area (TPSA) is 83.6 Å². The first-order valence-electron chi connectivity index (χ1n) is 4.24. The highest BCUT2D eigenvalue weighted by Gasteiger charge is 2.09. The van der Waals surface area contributed by atoms with Crippen LogP contribution in [-0.2, 0) is 4.79 Å². The first kappa shape index (κ1) is 9.85. The summed E-state index contributed by atoms with van der Waals surface area (Å²) in [5.41, 5.74) is 1.12. The SMILES string of the molecule is Cc1nc(NC(=O)CCl)c2[nH]cnc2n1. The Balaban J connectivity index is 2.48. The molecule has 2 aromatic rings. The number of nitrogens with one attached hydrogen (secondary N) is 2. The van der Waals surface area contributed by atoms with Crippen LogP contribution in [0.2, 0.25) is 0 Å². The molecule has 2 aromatic heterocycles. The number of alkyl halides is 1. The van der Waals surface area contributed by atoms with E-state index in [1.807, 2.05) is 0 Å². The number of carbonyl (C=O) groups excluding carboxylic acids is 1. The van der Waals surface area contributed by atoms with Crippen molar-refractivity contribution in [3.05, 3.63) is 12.2 Å². The molecule has 15 heavy (non-hydrogen) atoms. The second-order valence-corrected chi connectivity index (χ2v) is 3.17. The Kier molecular flexibility index (Phi) is 2.51. The summed E-state index contributed by atoms with van der Waals surface area (Å²) in [5.74, 6) is 0.518. The van der Waals surface area contributed by atoms with Gasteiger partial charge in [0, 0.05) is 0 Å². The van der Waals surface area contributed by atoms with Crippen molar-refractivity contribution in [1.82, 2.24) is 19.9 Å². The molecule has 0 aliphatic heterocycles. The number of carbonyl (C=O) groups is 1. The number of imidazole rings is 1. The van der Waals surface area contributed by atoms with Crippen LogP contribution in [0.15, 0.2) is 6.33 Å². The lowest BCUT2D eigenvalue weighted by molar-refractivity contribution is -0.113. The summed E-state index contributed by atoms with van der Waals surface area (Å²) < 4.78 is 0. The zero-order valence-electron chi connectivity index (χ0n) is 7.91. The summed E-state index contributed by atoms with van der Waals surface area (Å²) in [7, 11) is 0. The average molecular weight is 226 g/mol. The summed E-state index contributed by atoms with van der Waals surface area (Å²) >= 11 is 5.39. The molecule has 0 fully saturated rings. The van der Waals surface area contributed by atoms with Gasteiger partial charge in [-0.1, -0.05) is 0 Å². The van der Waals surface area contributed by atoms with E-state index in [-0.39, 0.29) is 11.8 Å². The summed E-state index contributed by atoms with van der Waals surface area (Å²) in [6.07, 6.45) is 1.50. The van der Waals surface area contributed by atoms with Gasteiger partial charge in [-0.25, -0.2) is 15.0 Å². The van der Waals surface area contributed by atoms with Crippen molar-refractivity contribution in [2.24, 2.45) is 0 Å². The van der Waals surface area contributed by atoms with Crippen LogP contribution in [0.5, 0.6) is 0 Å². The number of fused-ring (bicyclic) bond motifs is 1. The highest BCUT2D eigenvalue weighted by Crippen LogP contribution is 2.15. The molecule has 1 amide bonds. The van der Waals surface area contributed by atoms with Gasteiger partial charge in [0.25, 0.3) is 0 Å². The maximum Gasteiger partial charge on any atom is 0.240 e. The van der Waals surface area contributed by atoms with E-state index >= 15 is 0 Å². The maximum absolute atomic E-state index is 11.1. The Bertz CT molecular complexity index is 509. The number of aryl methyl sites for hydroxylation is 1. The number of halogens is 1. The van der Waals surface area contributed by atoms with Crippen LogP contribution >= 0.6 is 11.6 Å². The number of H-pyrrole nitrogens is 1. The second kappa shape index (κ2) is 3.82. The van der Waals surface area contributed by atoms with E-state index in [0.717, 1.165) is 0 Å². The highest BCUT2D eigenvalue weighted by atomic mass is 35.5. The van der Waals surface area contributed by atoms with Gasteiger partial charge < -0.3 is 10.3 Å². The van der Waals surface area contributed by atoms with Crippen LogP contribution in [0.25, 0.3) is 11.2 Å². The fourth-order valence-corrected chi connectivity index (χ4v) is 1.26. The molecule has 2 heterocycles. The molecule has 0 saturated heterocycles. The van der Waals surface area contributed by atoms with Crippen LogP contribution in [0.3, 0.4) is 0 Å². The van der Waals surface area contributed by atoms with E-state index in [4.69, 9.17) is 11.6 Å². The number of hydrogen-bond donors (Lipinski definition) is 2. The molecular weight excluding hydrogens is 218 g/mol. The number of rotatable bonds is 2. The molecular formula is C8H8ClN5O. The Hall–Kier alpha value is -1.69. The average Bonchev–Trinajstić information content (AvgIpc) is 2.65. The lowest BCUT2D eigenvalue weighted by Crippen LogP contribution is -2.14. The van der Waals surface area contributed by atoms with Gasteiger partial charge in [0.15, 0.2) is 11.5 Å². The molecule has 0 unspecified atom stereocenters. The van der Waals surface area contributed by atoms with Gasteiger partial charge in [-0.15, -0.1) is 11.6 Å². The number of amides is 1. The van der Waals surface area contributed by atoms with Gasteiger partial charge in [-0.3, -0.25) is 4.79 Å². The summed E-state index contributed by atoms with van der Waals surface area (Å²) in [5, 5.41) is 2.57. The van der Waals surface area contributed by atoms with Gasteiger partial charge in [0.1, 0.15) is 17.2 Å². The fraction of sp³-hybridized carbons (Fsp3) is 0.250. The Labute approximate surface area is 90.1 Å².